The topological polar surface area (TPSA) is 148 Å². The molecule has 3 fully saturated rings. The number of nitrogens with zero attached hydrogens (tertiary/aromatic N) is 9. The quantitative estimate of drug-likeness (QED) is 0.203. The fraction of sp³-hybridized carbons (Fsp3) is 0.429. The number of benzene rings is 2. The summed E-state index contributed by atoms with van der Waals surface area (Å²) in [7, 11) is 3.29. The maximum atomic E-state index is 17.0. The molecule has 3 saturated heterocycles. The Morgan fingerprint density at radius 2 is 1.85 bits per heavy atom. The van der Waals surface area contributed by atoms with E-state index in [1.54, 1.807) is 25.1 Å². The van der Waals surface area contributed by atoms with Gasteiger partial charge in [0.15, 0.2) is 10.9 Å². The average Bonchev–Trinajstić information content (AvgIpc) is 3.95. The summed E-state index contributed by atoms with van der Waals surface area (Å²) < 4.78 is 45.1. The number of thiazole rings is 1. The highest BCUT2D eigenvalue weighted by atomic mass is 35.5. The molecular formula is C35H36Cl2F2N10O4S. The molecule has 0 saturated carbocycles. The van der Waals surface area contributed by atoms with E-state index in [2.05, 4.69) is 20.0 Å². The smallest absolute Gasteiger partial charge is 0.409 e. The minimum atomic E-state index is -0.753. The zero-order chi connectivity index (χ0) is 37.9. The van der Waals surface area contributed by atoms with Crippen molar-refractivity contribution in [3.63, 3.8) is 0 Å². The van der Waals surface area contributed by atoms with Gasteiger partial charge in [0.1, 0.15) is 35.5 Å². The van der Waals surface area contributed by atoms with Crippen molar-refractivity contribution < 1.29 is 27.8 Å². The van der Waals surface area contributed by atoms with Crippen molar-refractivity contribution in [3.8, 4) is 17.1 Å². The third kappa shape index (κ3) is 6.39. The average molecular weight is 802 g/mol. The molecule has 284 valence electrons. The molecule has 0 radical (unpaired) electrons. The minimum absolute atomic E-state index is 0.00643. The number of ether oxygens (including phenoxy) is 2. The van der Waals surface area contributed by atoms with Crippen LogP contribution in [0.3, 0.4) is 0 Å². The number of nitrogen functional groups attached to an aromatic ring is 1. The molecule has 19 heteroatoms. The Morgan fingerprint density at radius 3 is 2.59 bits per heavy atom. The second kappa shape index (κ2) is 14.2. The second-order valence-electron chi connectivity index (χ2n) is 13.9. The summed E-state index contributed by atoms with van der Waals surface area (Å²) in [5.74, 6) is -0.898. The van der Waals surface area contributed by atoms with E-state index in [-0.39, 0.29) is 79.0 Å². The first kappa shape index (κ1) is 36.4. The molecular weight excluding hydrogens is 765 g/mol. The van der Waals surface area contributed by atoms with Crippen LogP contribution < -0.4 is 15.4 Å². The SMILES string of the molecule is CN(C)C(=O)OC[C@H]1CC[C@@]2(COc3nc(N4CCN(C(=O)n5nccc5Cl)CC4)c4cc(Cl)c(-c5ccc(F)c6sc(N)nc56)c(F)c4n3)CCCN12. The van der Waals surface area contributed by atoms with E-state index in [1.165, 1.54) is 29.3 Å². The Labute approximate surface area is 322 Å². The number of carbonyl (C=O) groups is 2. The minimum Gasteiger partial charge on any atom is -0.461 e. The lowest BCUT2D eigenvalue weighted by Crippen LogP contribution is -2.50. The molecule has 2 aromatic carbocycles. The summed E-state index contributed by atoms with van der Waals surface area (Å²) in [5, 5.41) is 4.75. The van der Waals surface area contributed by atoms with Gasteiger partial charge in [0, 0.05) is 62.8 Å². The van der Waals surface area contributed by atoms with Gasteiger partial charge in [-0.15, -0.1) is 0 Å². The Balaban J connectivity index is 1.14. The zero-order valence-electron chi connectivity index (χ0n) is 29.4. The largest absolute Gasteiger partial charge is 0.461 e. The molecule has 2 atom stereocenters. The molecule has 6 heterocycles. The lowest BCUT2D eigenvalue weighted by atomic mass is 9.95. The van der Waals surface area contributed by atoms with E-state index < -0.39 is 17.7 Å². The van der Waals surface area contributed by atoms with Crippen LogP contribution in [0.1, 0.15) is 25.7 Å². The number of nitrogens with two attached hydrogens (primary N) is 1. The number of amides is 2. The second-order valence-corrected chi connectivity index (χ2v) is 15.7. The van der Waals surface area contributed by atoms with Crippen molar-refractivity contribution in [1.82, 2.24) is 39.4 Å². The van der Waals surface area contributed by atoms with Crippen LogP contribution in [0.2, 0.25) is 10.2 Å². The number of hydrogen-bond acceptors (Lipinski definition) is 12. The monoisotopic (exact) mass is 800 g/mol. The van der Waals surface area contributed by atoms with Gasteiger partial charge in [-0.1, -0.05) is 34.5 Å². The number of halogens is 4. The summed E-state index contributed by atoms with van der Waals surface area (Å²) in [6, 6.07) is 5.43. The fourth-order valence-corrected chi connectivity index (χ4v) is 9.09. The molecule has 0 unspecified atom stereocenters. The predicted octanol–water partition coefficient (Wildman–Crippen LogP) is 6.13. The molecule has 0 aliphatic carbocycles. The third-order valence-corrected chi connectivity index (χ3v) is 12.0. The van der Waals surface area contributed by atoms with Gasteiger partial charge >= 0.3 is 18.1 Å². The molecule has 2 amide bonds. The van der Waals surface area contributed by atoms with Gasteiger partial charge < -0.3 is 29.9 Å². The van der Waals surface area contributed by atoms with Crippen LogP contribution >= 0.6 is 34.5 Å². The fourth-order valence-electron chi connectivity index (χ4n) is 7.86. The highest BCUT2D eigenvalue weighted by molar-refractivity contribution is 7.22. The lowest BCUT2D eigenvalue weighted by molar-refractivity contribution is 0.0484. The summed E-state index contributed by atoms with van der Waals surface area (Å²) in [6.07, 6.45) is 4.52. The van der Waals surface area contributed by atoms with E-state index >= 15 is 4.39 Å². The highest BCUT2D eigenvalue weighted by Gasteiger charge is 2.50. The van der Waals surface area contributed by atoms with Gasteiger partial charge in [0.2, 0.25) is 0 Å². The predicted molar refractivity (Wildman–Crippen MR) is 202 cm³/mol. The number of carbonyl (C=O) groups excluding carboxylic acids is 2. The van der Waals surface area contributed by atoms with E-state index in [0.29, 0.717) is 37.4 Å². The van der Waals surface area contributed by atoms with Crippen molar-refractivity contribution >= 4 is 78.7 Å². The van der Waals surface area contributed by atoms with E-state index in [1.807, 2.05) is 4.90 Å². The van der Waals surface area contributed by atoms with Gasteiger partial charge in [-0.25, -0.2) is 23.4 Å². The third-order valence-electron chi connectivity index (χ3n) is 10.5. The molecule has 3 aromatic heterocycles. The number of fused-ring (bicyclic) bond motifs is 3. The van der Waals surface area contributed by atoms with Crippen LogP contribution in [0, 0.1) is 11.6 Å². The molecule has 3 aliphatic heterocycles. The number of hydrogen-bond donors (Lipinski definition) is 1. The van der Waals surface area contributed by atoms with Crippen molar-refractivity contribution in [2.45, 2.75) is 37.3 Å². The van der Waals surface area contributed by atoms with Crippen molar-refractivity contribution in [2.24, 2.45) is 0 Å². The van der Waals surface area contributed by atoms with E-state index in [9.17, 15) is 14.0 Å². The van der Waals surface area contributed by atoms with Crippen molar-refractivity contribution in [2.75, 3.05) is 70.7 Å². The summed E-state index contributed by atoms with van der Waals surface area (Å²) in [5.41, 5.74) is 6.01. The molecule has 0 spiro atoms. The molecule has 3 aliphatic rings. The summed E-state index contributed by atoms with van der Waals surface area (Å²) >= 11 is 14.0. The Morgan fingerprint density at radius 1 is 1.06 bits per heavy atom. The van der Waals surface area contributed by atoms with Crippen LogP contribution in [0.15, 0.2) is 30.5 Å². The summed E-state index contributed by atoms with van der Waals surface area (Å²) in [4.78, 5) is 46.4. The highest BCUT2D eigenvalue weighted by Crippen LogP contribution is 2.45. The van der Waals surface area contributed by atoms with Gasteiger partial charge in [-0.05, 0) is 56.5 Å². The number of piperazine rings is 1. The van der Waals surface area contributed by atoms with Crippen LogP contribution in [0.5, 0.6) is 6.01 Å². The first-order valence-electron chi connectivity index (χ1n) is 17.5. The Hall–Kier alpha value is -4.58. The summed E-state index contributed by atoms with van der Waals surface area (Å²) in [6.45, 7) is 2.64. The van der Waals surface area contributed by atoms with Crippen LogP contribution in [0.25, 0.3) is 32.2 Å². The van der Waals surface area contributed by atoms with Gasteiger partial charge in [0.05, 0.1) is 27.0 Å². The van der Waals surface area contributed by atoms with Crippen LogP contribution in [-0.2, 0) is 4.74 Å². The van der Waals surface area contributed by atoms with Gasteiger partial charge in [-0.3, -0.25) is 4.90 Å². The normalized spacial score (nSPS) is 20.2. The number of aromatic nitrogens is 5. The molecule has 14 nitrogen and oxygen atoms in total. The number of anilines is 2. The standard InChI is InChI=1S/C35H36Cl2F2N10O4S/c1-45(2)34(51)52-17-19-6-9-35(8-3-11-48(19)35)18-53-32-43-27-21(30(44-32)46-12-14-47(15-13-46)33(50)49-24(37)7-10-41-49)16-22(36)25(26(27)39)20-4-5-23(38)29-28(20)42-31(40)54-29/h4-5,7,10,16,19H,3,6,8-9,11-15,17-18H2,1-2H3,(H2,40,42)/t19-,35-/m1/s1. The first-order chi connectivity index (χ1) is 25.9. The van der Waals surface area contributed by atoms with Crippen molar-refractivity contribution in [3.05, 3.63) is 52.3 Å². The maximum absolute atomic E-state index is 17.0. The molecule has 8 rings (SSSR count). The number of rotatable bonds is 7. The van der Waals surface area contributed by atoms with Crippen molar-refractivity contribution in [1.29, 1.82) is 0 Å². The van der Waals surface area contributed by atoms with E-state index in [4.69, 9.17) is 43.4 Å². The molecule has 54 heavy (non-hydrogen) atoms. The maximum Gasteiger partial charge on any atom is 0.409 e. The Bertz CT molecular complexity index is 2280. The van der Waals surface area contributed by atoms with Gasteiger partial charge in [-0.2, -0.15) is 19.7 Å². The van der Waals surface area contributed by atoms with Gasteiger partial charge in [0.25, 0.3) is 0 Å². The molecule has 0 bridgehead atoms. The lowest BCUT2D eigenvalue weighted by Gasteiger charge is -2.36. The first-order valence-corrected chi connectivity index (χ1v) is 19.0. The Kier molecular flexibility index (Phi) is 9.60. The zero-order valence-corrected chi connectivity index (χ0v) is 31.7. The molecule has 2 N–H and O–H groups in total. The van der Waals surface area contributed by atoms with Crippen LogP contribution in [-0.4, -0.2) is 123 Å². The molecule has 5 aromatic rings. The van der Waals surface area contributed by atoms with Crippen LogP contribution in [0.4, 0.5) is 29.3 Å². The van der Waals surface area contributed by atoms with E-state index in [0.717, 1.165) is 48.2 Å².